The first-order valence-electron chi connectivity index (χ1n) is 10.0. The topological polar surface area (TPSA) is 72.1 Å². The predicted octanol–water partition coefficient (Wildman–Crippen LogP) is 7.18. The van der Waals surface area contributed by atoms with E-state index in [0.717, 1.165) is 0 Å². The number of ether oxygens (including phenoxy) is 1. The molecule has 0 spiro atoms. The summed E-state index contributed by atoms with van der Waals surface area (Å²) in [7, 11) is -3.38. The third-order valence-electron chi connectivity index (χ3n) is 5.21. The quantitative estimate of drug-likeness (QED) is 0.267. The van der Waals surface area contributed by atoms with Crippen molar-refractivity contribution in [2.75, 3.05) is 5.75 Å². The van der Waals surface area contributed by atoms with Crippen LogP contribution >= 0.6 is 34.8 Å². The fourth-order valence-corrected chi connectivity index (χ4v) is 5.47. The van der Waals surface area contributed by atoms with E-state index in [4.69, 9.17) is 34.8 Å². The molecule has 3 aromatic carbocycles. The summed E-state index contributed by atoms with van der Waals surface area (Å²) in [5.41, 5.74) is 2.22. The van der Waals surface area contributed by atoms with Crippen LogP contribution in [0.2, 0.25) is 15.1 Å². The molecule has 4 aromatic rings. The van der Waals surface area contributed by atoms with Gasteiger partial charge in [-0.15, -0.1) is 0 Å². The van der Waals surface area contributed by atoms with E-state index in [1.807, 2.05) is 0 Å². The molecule has 0 atom stereocenters. The van der Waals surface area contributed by atoms with Gasteiger partial charge in [0.15, 0.2) is 9.84 Å². The van der Waals surface area contributed by atoms with Gasteiger partial charge in [0.05, 0.1) is 26.2 Å². The summed E-state index contributed by atoms with van der Waals surface area (Å²) in [4.78, 5) is 7.82. The largest absolute Gasteiger partial charge is 0.434 e. The summed E-state index contributed by atoms with van der Waals surface area (Å²) in [6, 6.07) is 12.4. The van der Waals surface area contributed by atoms with Gasteiger partial charge in [-0.05, 0) is 29.8 Å². The Labute approximate surface area is 209 Å². The van der Waals surface area contributed by atoms with Crippen LogP contribution in [0.4, 0.5) is 8.78 Å². The lowest BCUT2D eigenvalue weighted by Crippen LogP contribution is -2.04. The molecule has 1 aromatic heterocycles. The van der Waals surface area contributed by atoms with Gasteiger partial charge in [-0.25, -0.2) is 13.4 Å². The first kappa shape index (κ1) is 24.7. The molecule has 34 heavy (non-hydrogen) atoms. The van der Waals surface area contributed by atoms with Crippen LogP contribution in [0, 0.1) is 0 Å². The Kier molecular flexibility index (Phi) is 7.05. The first-order chi connectivity index (χ1) is 16.1. The monoisotopic (exact) mass is 544 g/mol. The zero-order valence-corrected chi connectivity index (χ0v) is 20.7. The number of halogens is 5. The Bertz CT molecular complexity index is 1490. The normalized spacial score (nSPS) is 12.0. The molecule has 0 amide bonds. The molecule has 0 aliphatic rings. The van der Waals surface area contributed by atoms with Gasteiger partial charge in [0.1, 0.15) is 17.1 Å². The number of aromatic nitrogens is 2. The molecule has 0 radical (unpaired) electrons. The van der Waals surface area contributed by atoms with E-state index in [1.54, 1.807) is 37.3 Å². The van der Waals surface area contributed by atoms with Gasteiger partial charge in [-0.1, -0.05) is 66.0 Å². The van der Waals surface area contributed by atoms with Crippen LogP contribution in [0.3, 0.4) is 0 Å². The van der Waals surface area contributed by atoms with Crippen LogP contribution in [-0.2, 0) is 16.3 Å². The Morgan fingerprint density at radius 2 is 1.79 bits per heavy atom. The van der Waals surface area contributed by atoms with Crippen LogP contribution in [0.5, 0.6) is 5.75 Å². The molecule has 1 N–H and O–H groups in total. The first-order valence-corrected chi connectivity index (χ1v) is 12.8. The fraction of sp³-hybridized carbons (Fsp3) is 0.174. The zero-order valence-electron chi connectivity index (χ0n) is 17.6. The maximum atomic E-state index is 12.9. The van der Waals surface area contributed by atoms with Gasteiger partial charge in [0.2, 0.25) is 0 Å². The number of nitrogens with one attached hydrogen (secondary N) is 1. The number of alkyl halides is 2. The molecular formula is C23H17Cl3F2N2O3S. The van der Waals surface area contributed by atoms with E-state index in [1.165, 1.54) is 18.2 Å². The highest BCUT2D eigenvalue weighted by Gasteiger charge is 2.21. The molecule has 0 saturated carbocycles. The smallest absolute Gasteiger partial charge is 0.387 e. The van der Waals surface area contributed by atoms with E-state index in [0.29, 0.717) is 33.5 Å². The minimum Gasteiger partial charge on any atom is -0.434 e. The second-order valence-electron chi connectivity index (χ2n) is 7.34. The van der Waals surface area contributed by atoms with E-state index >= 15 is 0 Å². The molecule has 178 valence electrons. The second kappa shape index (κ2) is 9.70. The number of fused-ring (bicyclic) bond motifs is 1. The second-order valence-corrected chi connectivity index (χ2v) is 10.8. The van der Waals surface area contributed by atoms with Crippen LogP contribution in [0.25, 0.3) is 22.2 Å². The average Bonchev–Trinajstić information content (AvgIpc) is 3.18. The number of rotatable bonds is 7. The van der Waals surface area contributed by atoms with Crippen LogP contribution in [0.15, 0.2) is 53.4 Å². The SMILES string of the molecule is CCS(=O)(=O)c1ccc(Cc2nc3c(Cl)c(-c4ccccc4OC(F)F)c(Cl)cc3[nH]2)c(Cl)c1. The van der Waals surface area contributed by atoms with E-state index in [-0.39, 0.29) is 37.9 Å². The van der Waals surface area contributed by atoms with Crippen molar-refractivity contribution in [1.29, 1.82) is 0 Å². The van der Waals surface area contributed by atoms with E-state index < -0.39 is 16.4 Å². The van der Waals surface area contributed by atoms with E-state index in [9.17, 15) is 17.2 Å². The number of benzene rings is 3. The molecule has 0 aliphatic heterocycles. The van der Waals surface area contributed by atoms with Crippen molar-refractivity contribution in [1.82, 2.24) is 9.97 Å². The van der Waals surface area contributed by atoms with Crippen molar-refractivity contribution < 1.29 is 21.9 Å². The summed E-state index contributed by atoms with van der Waals surface area (Å²) < 4.78 is 54.5. The number of hydrogen-bond donors (Lipinski definition) is 1. The molecule has 0 aliphatic carbocycles. The van der Waals surface area contributed by atoms with Crippen molar-refractivity contribution in [3.63, 3.8) is 0 Å². The van der Waals surface area contributed by atoms with Gasteiger partial charge in [0, 0.05) is 22.6 Å². The highest BCUT2D eigenvalue weighted by atomic mass is 35.5. The van der Waals surface area contributed by atoms with Crippen molar-refractivity contribution in [3.05, 3.63) is 75.0 Å². The number of para-hydroxylation sites is 1. The third-order valence-corrected chi connectivity index (χ3v) is 7.96. The van der Waals surface area contributed by atoms with Crippen LogP contribution in [-0.4, -0.2) is 30.8 Å². The molecule has 0 saturated heterocycles. The standard InChI is InChI=1S/C23H17Cl3F2N2O3S/c1-2-34(31,32)13-8-7-12(15(24)10-13)9-19-29-17-11-16(25)20(21(26)22(17)30-19)14-5-3-4-6-18(14)33-23(27)28/h3-8,10-11,23H,2,9H2,1H3,(H,29,30). The Morgan fingerprint density at radius 1 is 1.06 bits per heavy atom. The summed E-state index contributed by atoms with van der Waals surface area (Å²) in [6.07, 6.45) is 0.272. The predicted molar refractivity (Wildman–Crippen MR) is 130 cm³/mol. The lowest BCUT2D eigenvalue weighted by atomic mass is 10.0. The van der Waals surface area contributed by atoms with Crippen LogP contribution < -0.4 is 4.74 Å². The van der Waals surface area contributed by atoms with Crippen molar-refractivity contribution in [2.45, 2.75) is 24.9 Å². The molecule has 11 heteroatoms. The Morgan fingerprint density at radius 3 is 2.47 bits per heavy atom. The third kappa shape index (κ3) is 4.86. The maximum absolute atomic E-state index is 12.9. The molecule has 0 bridgehead atoms. The van der Waals surface area contributed by atoms with Crippen molar-refractivity contribution >= 4 is 55.7 Å². The minimum atomic E-state index is -3.38. The number of H-pyrrole nitrogens is 1. The molecule has 5 nitrogen and oxygen atoms in total. The highest BCUT2D eigenvalue weighted by Crippen LogP contribution is 2.43. The highest BCUT2D eigenvalue weighted by molar-refractivity contribution is 7.91. The van der Waals surface area contributed by atoms with E-state index in [2.05, 4.69) is 14.7 Å². The number of aromatic amines is 1. The Balaban J connectivity index is 1.74. The average molecular weight is 546 g/mol. The molecular weight excluding hydrogens is 529 g/mol. The van der Waals surface area contributed by atoms with Gasteiger partial charge in [-0.3, -0.25) is 0 Å². The number of imidazole rings is 1. The van der Waals surface area contributed by atoms with Gasteiger partial charge in [-0.2, -0.15) is 8.78 Å². The summed E-state index contributed by atoms with van der Waals surface area (Å²) in [5, 5.41) is 0.689. The van der Waals surface area contributed by atoms with Gasteiger partial charge in [0.25, 0.3) is 0 Å². The van der Waals surface area contributed by atoms with Crippen molar-refractivity contribution in [2.24, 2.45) is 0 Å². The summed E-state index contributed by atoms with van der Waals surface area (Å²) in [5.74, 6) is 0.416. The fourth-order valence-electron chi connectivity index (χ4n) is 3.55. The van der Waals surface area contributed by atoms with Gasteiger partial charge < -0.3 is 9.72 Å². The maximum Gasteiger partial charge on any atom is 0.387 e. The zero-order chi connectivity index (χ0) is 24.6. The number of hydrogen-bond acceptors (Lipinski definition) is 4. The lowest BCUT2D eigenvalue weighted by Gasteiger charge is -2.13. The number of sulfone groups is 1. The minimum absolute atomic E-state index is 0.0284. The molecule has 0 fully saturated rings. The van der Waals surface area contributed by atoms with Crippen molar-refractivity contribution in [3.8, 4) is 16.9 Å². The molecule has 1 heterocycles. The summed E-state index contributed by atoms with van der Waals surface area (Å²) >= 11 is 19.4. The van der Waals surface area contributed by atoms with Gasteiger partial charge >= 0.3 is 6.61 Å². The molecule has 0 unspecified atom stereocenters. The molecule has 4 rings (SSSR count). The lowest BCUT2D eigenvalue weighted by molar-refractivity contribution is -0.0494. The number of nitrogens with zero attached hydrogens (tertiary/aromatic N) is 1. The van der Waals surface area contributed by atoms with Crippen LogP contribution in [0.1, 0.15) is 18.3 Å². The Hall–Kier alpha value is -2.39. The summed E-state index contributed by atoms with van der Waals surface area (Å²) in [6.45, 7) is -1.45.